The standard InChI is InChI=1S/C27H30N2O2S/c30-26(19-22-11-6-10-21-9-4-5-12-25(21)22)29-27(32)28-23-13-15-24(16-14-23)31-18-17-20-7-2-1-3-8-20/h4-6,9-16,20H,1-3,7-8,17-19H2,(H2,28,29,30,32). The van der Waals surface area contributed by atoms with Gasteiger partial charge in [-0.25, -0.2) is 0 Å². The van der Waals surface area contributed by atoms with Gasteiger partial charge in [-0.05, 0) is 65.2 Å². The Morgan fingerprint density at radius 1 is 0.938 bits per heavy atom. The zero-order chi connectivity index (χ0) is 22.2. The second kappa shape index (κ2) is 11.1. The van der Waals surface area contributed by atoms with Gasteiger partial charge in [0.1, 0.15) is 5.75 Å². The van der Waals surface area contributed by atoms with Crippen molar-refractivity contribution in [3.63, 3.8) is 0 Å². The summed E-state index contributed by atoms with van der Waals surface area (Å²) in [4.78, 5) is 12.5. The van der Waals surface area contributed by atoms with Crippen molar-refractivity contribution in [3.05, 3.63) is 72.3 Å². The Balaban J connectivity index is 1.23. The lowest BCUT2D eigenvalue weighted by atomic mass is 9.87. The molecule has 0 spiro atoms. The molecule has 0 saturated heterocycles. The third kappa shape index (κ3) is 6.30. The summed E-state index contributed by atoms with van der Waals surface area (Å²) in [5.41, 5.74) is 1.80. The van der Waals surface area contributed by atoms with E-state index in [-0.39, 0.29) is 12.3 Å². The van der Waals surface area contributed by atoms with E-state index in [1.165, 1.54) is 32.1 Å². The number of rotatable bonds is 7. The molecule has 166 valence electrons. The molecule has 1 aliphatic carbocycles. The first-order valence-electron chi connectivity index (χ1n) is 11.5. The maximum Gasteiger partial charge on any atom is 0.230 e. The fraction of sp³-hybridized carbons (Fsp3) is 0.333. The summed E-state index contributed by atoms with van der Waals surface area (Å²) in [6, 6.07) is 21.8. The van der Waals surface area contributed by atoms with Crippen LogP contribution in [0.15, 0.2) is 66.7 Å². The molecule has 0 atom stereocenters. The van der Waals surface area contributed by atoms with Gasteiger partial charge in [0, 0.05) is 5.69 Å². The van der Waals surface area contributed by atoms with Crippen LogP contribution in [0.3, 0.4) is 0 Å². The van der Waals surface area contributed by atoms with E-state index in [4.69, 9.17) is 17.0 Å². The van der Waals surface area contributed by atoms with Crippen molar-refractivity contribution >= 4 is 39.7 Å². The predicted molar refractivity (Wildman–Crippen MR) is 135 cm³/mol. The van der Waals surface area contributed by atoms with Crippen LogP contribution in [0.4, 0.5) is 5.69 Å². The van der Waals surface area contributed by atoms with Gasteiger partial charge < -0.3 is 15.4 Å². The maximum atomic E-state index is 12.5. The molecule has 0 bridgehead atoms. The third-order valence-electron chi connectivity index (χ3n) is 6.12. The molecule has 32 heavy (non-hydrogen) atoms. The fourth-order valence-electron chi connectivity index (χ4n) is 4.41. The summed E-state index contributed by atoms with van der Waals surface area (Å²) in [5, 5.41) is 8.36. The molecule has 1 saturated carbocycles. The second-order valence-electron chi connectivity index (χ2n) is 8.48. The summed E-state index contributed by atoms with van der Waals surface area (Å²) in [5.74, 6) is 1.54. The van der Waals surface area contributed by atoms with Crippen molar-refractivity contribution in [3.8, 4) is 5.75 Å². The molecule has 3 aromatic carbocycles. The van der Waals surface area contributed by atoms with Gasteiger partial charge in [0.2, 0.25) is 5.91 Å². The van der Waals surface area contributed by atoms with Gasteiger partial charge in [-0.15, -0.1) is 0 Å². The number of benzene rings is 3. The minimum absolute atomic E-state index is 0.137. The molecule has 1 aliphatic rings. The minimum atomic E-state index is -0.137. The molecule has 4 nitrogen and oxygen atoms in total. The van der Waals surface area contributed by atoms with Crippen molar-refractivity contribution in [1.82, 2.24) is 5.32 Å². The summed E-state index contributed by atoms with van der Waals surface area (Å²) in [6.45, 7) is 0.764. The zero-order valence-corrected chi connectivity index (χ0v) is 19.1. The SMILES string of the molecule is O=C(Cc1cccc2ccccc12)NC(=S)Nc1ccc(OCCC2CCCCC2)cc1. The van der Waals surface area contributed by atoms with Gasteiger partial charge in [-0.2, -0.15) is 0 Å². The lowest BCUT2D eigenvalue weighted by Crippen LogP contribution is -2.35. The Kier molecular flexibility index (Phi) is 7.73. The van der Waals surface area contributed by atoms with Crippen molar-refractivity contribution in [2.45, 2.75) is 44.9 Å². The van der Waals surface area contributed by atoms with Crippen LogP contribution in [0.25, 0.3) is 10.8 Å². The number of carbonyl (C=O) groups excluding carboxylic acids is 1. The summed E-state index contributed by atoms with van der Waals surface area (Å²) >= 11 is 5.33. The Bertz CT molecular complexity index is 1050. The number of thiocarbonyl (C=S) groups is 1. The highest BCUT2D eigenvalue weighted by Gasteiger charge is 2.13. The lowest BCUT2D eigenvalue weighted by Gasteiger charge is -2.21. The number of fused-ring (bicyclic) bond motifs is 1. The van der Waals surface area contributed by atoms with Crippen molar-refractivity contribution in [1.29, 1.82) is 0 Å². The first kappa shape index (κ1) is 22.3. The number of hydrogen-bond acceptors (Lipinski definition) is 3. The average molecular weight is 447 g/mol. The van der Waals surface area contributed by atoms with E-state index in [1.54, 1.807) is 0 Å². The molecule has 0 heterocycles. The van der Waals surface area contributed by atoms with Crippen molar-refractivity contribution in [2.24, 2.45) is 5.92 Å². The highest BCUT2D eigenvalue weighted by molar-refractivity contribution is 7.80. The van der Waals surface area contributed by atoms with Gasteiger partial charge in [-0.3, -0.25) is 4.79 Å². The molecular weight excluding hydrogens is 416 g/mol. The number of carbonyl (C=O) groups is 1. The Hall–Kier alpha value is -2.92. The van der Waals surface area contributed by atoms with Gasteiger partial charge in [0.05, 0.1) is 13.0 Å². The molecule has 2 N–H and O–H groups in total. The van der Waals surface area contributed by atoms with Crippen LogP contribution < -0.4 is 15.4 Å². The Morgan fingerprint density at radius 3 is 2.50 bits per heavy atom. The van der Waals surface area contributed by atoms with E-state index < -0.39 is 0 Å². The van der Waals surface area contributed by atoms with Gasteiger partial charge in [-0.1, -0.05) is 74.6 Å². The zero-order valence-electron chi connectivity index (χ0n) is 18.3. The van der Waals surface area contributed by atoms with E-state index >= 15 is 0 Å². The largest absolute Gasteiger partial charge is 0.494 e. The van der Waals surface area contributed by atoms with E-state index in [0.717, 1.165) is 46.7 Å². The Morgan fingerprint density at radius 2 is 1.69 bits per heavy atom. The van der Waals surface area contributed by atoms with Crippen LogP contribution in [-0.2, 0) is 11.2 Å². The molecule has 0 radical (unpaired) electrons. The number of nitrogens with one attached hydrogen (secondary N) is 2. The van der Waals surface area contributed by atoms with Crippen LogP contribution >= 0.6 is 12.2 Å². The van der Waals surface area contributed by atoms with Gasteiger partial charge in [0.15, 0.2) is 5.11 Å². The first-order chi connectivity index (χ1) is 15.7. The van der Waals surface area contributed by atoms with Gasteiger partial charge >= 0.3 is 0 Å². The summed E-state index contributed by atoms with van der Waals surface area (Å²) in [6.07, 6.45) is 8.21. The monoisotopic (exact) mass is 446 g/mol. The van der Waals surface area contributed by atoms with Crippen LogP contribution in [-0.4, -0.2) is 17.6 Å². The highest BCUT2D eigenvalue weighted by atomic mass is 32.1. The molecule has 1 amide bonds. The first-order valence-corrected chi connectivity index (χ1v) is 11.9. The van der Waals surface area contributed by atoms with E-state index in [1.807, 2.05) is 66.7 Å². The van der Waals surface area contributed by atoms with Crippen LogP contribution in [0, 0.1) is 5.92 Å². The average Bonchev–Trinajstić information content (AvgIpc) is 2.81. The summed E-state index contributed by atoms with van der Waals surface area (Å²) in [7, 11) is 0. The second-order valence-corrected chi connectivity index (χ2v) is 8.89. The number of anilines is 1. The summed E-state index contributed by atoms with van der Waals surface area (Å²) < 4.78 is 5.90. The van der Waals surface area contributed by atoms with Crippen molar-refractivity contribution < 1.29 is 9.53 Å². The fourth-order valence-corrected chi connectivity index (χ4v) is 4.64. The van der Waals surface area contributed by atoms with E-state index in [9.17, 15) is 4.79 Å². The molecule has 4 rings (SSSR count). The van der Waals surface area contributed by atoms with E-state index in [2.05, 4.69) is 10.6 Å². The van der Waals surface area contributed by atoms with Gasteiger partial charge in [0.25, 0.3) is 0 Å². The molecule has 5 heteroatoms. The minimum Gasteiger partial charge on any atom is -0.494 e. The predicted octanol–water partition coefficient (Wildman–Crippen LogP) is 6.24. The van der Waals surface area contributed by atoms with Crippen LogP contribution in [0.1, 0.15) is 44.1 Å². The van der Waals surface area contributed by atoms with Crippen LogP contribution in [0.2, 0.25) is 0 Å². The molecule has 0 aliphatic heterocycles. The number of hydrogen-bond donors (Lipinski definition) is 2. The molecule has 3 aromatic rings. The third-order valence-corrected chi connectivity index (χ3v) is 6.32. The maximum absolute atomic E-state index is 12.5. The number of ether oxygens (including phenoxy) is 1. The quantitative estimate of drug-likeness (QED) is 0.422. The number of amides is 1. The smallest absolute Gasteiger partial charge is 0.230 e. The Labute approximate surface area is 195 Å². The lowest BCUT2D eigenvalue weighted by molar-refractivity contribution is -0.119. The normalized spacial score (nSPS) is 14.1. The van der Waals surface area contributed by atoms with Crippen LogP contribution in [0.5, 0.6) is 5.75 Å². The molecule has 0 unspecified atom stereocenters. The van der Waals surface area contributed by atoms with Crippen molar-refractivity contribution in [2.75, 3.05) is 11.9 Å². The van der Waals surface area contributed by atoms with E-state index in [0.29, 0.717) is 5.11 Å². The highest BCUT2D eigenvalue weighted by Crippen LogP contribution is 2.26. The topological polar surface area (TPSA) is 50.4 Å². The molecular formula is C27H30N2O2S. The molecule has 1 fully saturated rings. The molecule has 0 aromatic heterocycles.